The van der Waals surface area contributed by atoms with Gasteiger partial charge in [0.1, 0.15) is 0 Å². The Morgan fingerprint density at radius 3 is 2.20 bits per heavy atom. The molecule has 1 aromatic rings. The number of imide groups is 1. The molecule has 1 aliphatic rings. The summed E-state index contributed by atoms with van der Waals surface area (Å²) in [6, 6.07) is 6.47. The van der Waals surface area contributed by atoms with E-state index in [0.29, 0.717) is 42.8 Å². The minimum absolute atomic E-state index is 0.252. The predicted octanol–water partition coefficient (Wildman–Crippen LogP) is 1.72. The molecule has 188 valence electrons. The summed E-state index contributed by atoms with van der Waals surface area (Å²) in [5.41, 5.74) is 15.0. The van der Waals surface area contributed by atoms with Crippen molar-refractivity contribution >= 4 is 49.2 Å². The molecule has 0 saturated carbocycles. The van der Waals surface area contributed by atoms with E-state index in [-0.39, 0.29) is 24.1 Å². The van der Waals surface area contributed by atoms with Gasteiger partial charge in [0.2, 0.25) is 5.91 Å². The van der Waals surface area contributed by atoms with Crippen LogP contribution in [0.4, 0.5) is 10.5 Å². The fourth-order valence-corrected chi connectivity index (χ4v) is 3.68. The van der Waals surface area contributed by atoms with Gasteiger partial charge in [-0.1, -0.05) is 18.6 Å². The van der Waals surface area contributed by atoms with Crippen LogP contribution < -0.4 is 21.8 Å². The second-order valence-corrected chi connectivity index (χ2v) is 9.17. The first-order chi connectivity index (χ1) is 16.5. The zero-order valence-corrected chi connectivity index (χ0v) is 20.2. The van der Waals surface area contributed by atoms with Crippen LogP contribution in [0.3, 0.4) is 0 Å². The topological polar surface area (TPSA) is 196 Å². The first-order valence-corrected chi connectivity index (χ1v) is 12.4. The number of carbonyl (C=O) groups excluding carboxylic acids is 5. The average Bonchev–Trinajstić information content (AvgIpc) is 3.08. The third-order valence-electron chi connectivity index (χ3n) is 4.58. The summed E-state index contributed by atoms with van der Waals surface area (Å²) in [5.74, 6) is -1.65. The Bertz CT molecular complexity index is 1020. The van der Waals surface area contributed by atoms with E-state index in [1.807, 2.05) is 0 Å². The number of anilines is 1. The Labute approximate surface area is 202 Å². The molecule has 0 radical (unpaired) electrons. The third-order valence-corrected chi connectivity index (χ3v) is 5.57. The Morgan fingerprint density at radius 1 is 0.971 bits per heavy atom. The molecule has 0 atom stereocenters. The van der Waals surface area contributed by atoms with Gasteiger partial charge in [0.15, 0.2) is 0 Å². The van der Waals surface area contributed by atoms with Crippen LogP contribution in [0.15, 0.2) is 41.5 Å². The quantitative estimate of drug-likeness (QED) is 0.113. The van der Waals surface area contributed by atoms with Crippen molar-refractivity contribution in [1.29, 1.82) is 0 Å². The van der Waals surface area contributed by atoms with E-state index < -0.39 is 20.1 Å². The number of nitrogens with two attached hydrogens (primary N) is 2. The van der Waals surface area contributed by atoms with E-state index in [2.05, 4.69) is 20.4 Å². The molecule has 35 heavy (non-hydrogen) atoms. The Kier molecular flexibility index (Phi) is 10.0. The van der Waals surface area contributed by atoms with E-state index in [9.17, 15) is 24.0 Å². The molecule has 6 N–H and O–H groups in total. The zero-order valence-electron chi connectivity index (χ0n) is 19.4. The second-order valence-electron chi connectivity index (χ2n) is 7.51. The lowest BCUT2D eigenvalue weighted by Crippen LogP contribution is -2.30. The number of hydrogen-bond acceptors (Lipinski definition) is 10. The molecule has 2 rings (SSSR count). The largest absolute Gasteiger partial charge is 0.524 e. The van der Waals surface area contributed by atoms with Crippen molar-refractivity contribution in [1.82, 2.24) is 10.3 Å². The van der Waals surface area contributed by atoms with E-state index in [1.54, 1.807) is 31.2 Å². The lowest BCUT2D eigenvalue weighted by atomic mass is 10.1. The summed E-state index contributed by atoms with van der Waals surface area (Å²) in [7, 11) is -3.61. The van der Waals surface area contributed by atoms with Crippen LogP contribution in [-0.2, 0) is 28.2 Å². The van der Waals surface area contributed by atoms with Gasteiger partial charge in [-0.3, -0.25) is 24.6 Å². The summed E-state index contributed by atoms with van der Waals surface area (Å²) in [6.45, 7) is 3.12. The normalized spacial score (nSPS) is 13.6. The molecule has 0 saturated heterocycles. The number of carbonyl (C=O) groups is 5. The fraction of sp³-hybridized carbons (Fsp3) is 0.333. The van der Waals surface area contributed by atoms with Crippen molar-refractivity contribution < 1.29 is 33.0 Å². The molecule has 0 fully saturated rings. The number of rotatable bonds is 11. The van der Waals surface area contributed by atoms with Gasteiger partial charge in [0.25, 0.3) is 11.8 Å². The first kappa shape index (κ1) is 27.6. The number of benzene rings is 1. The molecule has 0 bridgehead atoms. The van der Waals surface area contributed by atoms with Gasteiger partial charge in [0, 0.05) is 37.7 Å². The molecule has 0 spiro atoms. The van der Waals surface area contributed by atoms with Gasteiger partial charge >= 0.3 is 20.1 Å². The molecule has 1 aliphatic heterocycles. The molecule has 0 aromatic heterocycles. The lowest BCUT2D eigenvalue weighted by molar-refractivity contribution is -0.137. The number of unbranched alkanes of at least 4 members (excludes halogenated alkanes) is 2. The molecular weight excluding hydrogens is 479 g/mol. The Balaban J connectivity index is 1.72. The highest BCUT2D eigenvalue weighted by Crippen LogP contribution is 2.44. The molecule has 4 amide bonds. The molecule has 1 heterocycles. The molecule has 0 aliphatic carbocycles. The summed E-state index contributed by atoms with van der Waals surface area (Å²) in [5, 5.41) is 6.47. The van der Waals surface area contributed by atoms with Crippen LogP contribution >= 0.6 is 8.02 Å². The highest BCUT2D eigenvalue weighted by Gasteiger charge is 2.40. The van der Waals surface area contributed by atoms with Gasteiger partial charge in [-0.15, -0.1) is 11.0 Å². The molecular formula is C21H28N6O7P+. The predicted molar refractivity (Wildman–Crippen MR) is 128 cm³/mol. The van der Waals surface area contributed by atoms with Crippen LogP contribution in [0.2, 0.25) is 0 Å². The van der Waals surface area contributed by atoms with Gasteiger partial charge in [-0.25, -0.2) is 24.1 Å². The van der Waals surface area contributed by atoms with E-state index in [1.165, 1.54) is 17.1 Å². The van der Waals surface area contributed by atoms with Crippen molar-refractivity contribution in [2.45, 2.75) is 39.5 Å². The summed E-state index contributed by atoms with van der Waals surface area (Å²) >= 11 is 0. The van der Waals surface area contributed by atoms with Gasteiger partial charge < -0.3 is 0 Å². The van der Waals surface area contributed by atoms with Crippen molar-refractivity contribution in [2.75, 3.05) is 11.9 Å². The molecule has 0 unspecified atom stereocenters. The second kappa shape index (κ2) is 12.7. The standard InChI is InChI=1S/C21H27N6O7P/c1-14(25-26-18(29)6-4-3-5-13-27-19(30)11-12-20(27)31)16-7-9-17(10-8-16)24-21(32)34-35(22,23)33-15(2)28/h7-12H,3-6,13,22-23H2,1-2H3,(H-,24,25,26,29,30,31,32)/p+1. The summed E-state index contributed by atoms with van der Waals surface area (Å²) in [4.78, 5) is 58.9. The molecule has 14 heteroatoms. The maximum absolute atomic E-state index is 12.0. The molecule has 13 nitrogen and oxygen atoms in total. The van der Waals surface area contributed by atoms with Crippen molar-refractivity contribution in [3.05, 3.63) is 42.0 Å². The summed E-state index contributed by atoms with van der Waals surface area (Å²) < 4.78 is 9.32. The van der Waals surface area contributed by atoms with Crippen molar-refractivity contribution in [3.63, 3.8) is 0 Å². The number of hydrogen-bond donors (Lipinski definition) is 4. The minimum Gasteiger partial charge on any atom is -0.288 e. The van der Waals surface area contributed by atoms with Crippen molar-refractivity contribution in [3.8, 4) is 0 Å². The molecule has 1 aromatic carbocycles. The van der Waals surface area contributed by atoms with Crippen molar-refractivity contribution in [2.24, 2.45) is 16.1 Å². The monoisotopic (exact) mass is 507 g/mol. The van der Waals surface area contributed by atoms with Gasteiger partial charge in [-0.05, 0) is 37.5 Å². The van der Waals surface area contributed by atoms with Crippen LogP contribution in [0.25, 0.3) is 0 Å². The van der Waals surface area contributed by atoms with Crippen LogP contribution in [0.5, 0.6) is 0 Å². The number of hydrazone groups is 1. The SMILES string of the molecule is CC(=O)O[P+](N)(N)OC(=O)Nc1ccc(/C(C)=N/NC(=O)CCCCCN2C(=O)C=CC2=O)cc1. The van der Waals surface area contributed by atoms with Crippen LogP contribution in [0.1, 0.15) is 45.1 Å². The minimum atomic E-state index is -3.61. The number of amides is 4. The van der Waals surface area contributed by atoms with Crippen LogP contribution in [-0.4, -0.2) is 46.9 Å². The van der Waals surface area contributed by atoms with E-state index in [0.717, 1.165) is 6.92 Å². The maximum atomic E-state index is 12.0. The number of nitrogens with zero attached hydrogens (tertiary/aromatic N) is 2. The third kappa shape index (κ3) is 9.61. The van der Waals surface area contributed by atoms with Crippen LogP contribution in [0, 0.1) is 0 Å². The first-order valence-electron chi connectivity index (χ1n) is 10.6. The fourth-order valence-electron chi connectivity index (χ4n) is 2.94. The highest BCUT2D eigenvalue weighted by molar-refractivity contribution is 7.62. The lowest BCUT2D eigenvalue weighted by Gasteiger charge is -2.12. The van der Waals surface area contributed by atoms with E-state index >= 15 is 0 Å². The maximum Gasteiger partial charge on any atom is 0.524 e. The van der Waals surface area contributed by atoms with Gasteiger partial charge in [-0.2, -0.15) is 5.10 Å². The Morgan fingerprint density at radius 2 is 1.60 bits per heavy atom. The highest BCUT2D eigenvalue weighted by atomic mass is 31.2. The average molecular weight is 507 g/mol. The summed E-state index contributed by atoms with van der Waals surface area (Å²) in [6.07, 6.45) is 3.65. The smallest absolute Gasteiger partial charge is 0.288 e. The van der Waals surface area contributed by atoms with E-state index in [4.69, 9.17) is 15.5 Å². The van der Waals surface area contributed by atoms with Gasteiger partial charge in [0.05, 0.1) is 5.71 Å². The zero-order chi connectivity index (χ0) is 26.0. The Hall–Kier alpha value is -3.67. The number of nitrogens with one attached hydrogen (secondary N) is 2.